The summed E-state index contributed by atoms with van der Waals surface area (Å²) in [6.07, 6.45) is 1.59. The number of H-pyrrole nitrogens is 1. The molecule has 4 rings (SSSR count). The first-order valence-corrected chi connectivity index (χ1v) is 13.1. The van der Waals surface area contributed by atoms with Crippen LogP contribution in [0.3, 0.4) is 0 Å². The lowest BCUT2D eigenvalue weighted by Gasteiger charge is -2.32. The van der Waals surface area contributed by atoms with Crippen molar-refractivity contribution in [2.24, 2.45) is 0 Å². The van der Waals surface area contributed by atoms with E-state index >= 15 is 0 Å². The molecule has 0 radical (unpaired) electrons. The van der Waals surface area contributed by atoms with Gasteiger partial charge in [0.25, 0.3) is 0 Å². The molecule has 2 N–H and O–H groups in total. The third-order valence-electron chi connectivity index (χ3n) is 6.31. The smallest absolute Gasteiger partial charge is 0.240 e. The molecule has 2 heterocycles. The number of rotatable bonds is 10. The summed E-state index contributed by atoms with van der Waals surface area (Å²) in [5.74, 6) is 0.696. The van der Waals surface area contributed by atoms with Gasteiger partial charge in [0, 0.05) is 55.9 Å². The molecule has 0 bridgehead atoms. The number of likely N-dealkylation sites (N-methyl/N-ethyl adjacent to an activating group) is 1. The van der Waals surface area contributed by atoms with E-state index in [0.717, 1.165) is 61.3 Å². The summed E-state index contributed by atoms with van der Waals surface area (Å²) in [5.41, 5.74) is 3.30. The van der Waals surface area contributed by atoms with Crippen molar-refractivity contribution >= 4 is 20.9 Å². The van der Waals surface area contributed by atoms with Crippen molar-refractivity contribution in [1.82, 2.24) is 19.5 Å². The van der Waals surface area contributed by atoms with E-state index in [1.165, 1.54) is 0 Å². The van der Waals surface area contributed by atoms with Crippen LogP contribution in [0, 0.1) is 6.92 Å². The van der Waals surface area contributed by atoms with Crippen LogP contribution in [0.25, 0.3) is 10.9 Å². The van der Waals surface area contributed by atoms with E-state index < -0.39 is 10.0 Å². The molecule has 2 aromatic carbocycles. The molecule has 0 unspecified atom stereocenters. The summed E-state index contributed by atoms with van der Waals surface area (Å²) in [4.78, 5) is 8.42. The number of fused-ring (bicyclic) bond motifs is 1. The van der Waals surface area contributed by atoms with Gasteiger partial charge in [0.05, 0.1) is 11.5 Å². The maximum atomic E-state index is 12.7. The lowest BCUT2D eigenvalue weighted by molar-refractivity contribution is 0.145. The van der Waals surface area contributed by atoms with Crippen LogP contribution in [0.4, 0.5) is 0 Å². The maximum absolute atomic E-state index is 12.7. The third kappa shape index (κ3) is 6.14. The number of aryl methyl sites for hydroxylation is 1. The highest BCUT2D eigenvalue weighted by Gasteiger charge is 2.15. The zero-order chi connectivity index (χ0) is 23.3. The Balaban J connectivity index is 1.24. The van der Waals surface area contributed by atoms with Crippen molar-refractivity contribution in [2.75, 3.05) is 52.9 Å². The van der Waals surface area contributed by atoms with E-state index in [4.69, 9.17) is 4.74 Å². The molecule has 7 nitrogen and oxygen atoms in total. The largest absolute Gasteiger partial charge is 0.494 e. The molecule has 0 spiro atoms. The van der Waals surface area contributed by atoms with Crippen LogP contribution >= 0.6 is 0 Å². The standard InChI is InChI=1S/C25H34N4O3S/c1-20-23(24-6-3-4-7-25(24)27-20)12-13-26-33(30,31)22-10-8-21(9-11-22)32-19-5-14-29-17-15-28(2)16-18-29/h3-4,6-11,26-27H,5,12-19H2,1-2H3. The second-order valence-electron chi connectivity index (χ2n) is 8.74. The average molecular weight is 471 g/mol. The fourth-order valence-electron chi connectivity index (χ4n) is 4.32. The van der Waals surface area contributed by atoms with Gasteiger partial charge in [-0.05, 0) is 62.7 Å². The first-order valence-electron chi connectivity index (χ1n) is 11.6. The van der Waals surface area contributed by atoms with Crippen LogP contribution in [0.5, 0.6) is 5.75 Å². The topological polar surface area (TPSA) is 77.7 Å². The van der Waals surface area contributed by atoms with Gasteiger partial charge in [-0.1, -0.05) is 18.2 Å². The van der Waals surface area contributed by atoms with Crippen molar-refractivity contribution < 1.29 is 13.2 Å². The molecule has 8 heteroatoms. The molecule has 1 aliphatic heterocycles. The van der Waals surface area contributed by atoms with Gasteiger partial charge in [-0.2, -0.15) is 0 Å². The fraction of sp³-hybridized carbons (Fsp3) is 0.440. The number of piperazine rings is 1. The molecule has 1 saturated heterocycles. The van der Waals surface area contributed by atoms with Crippen molar-refractivity contribution in [3.63, 3.8) is 0 Å². The average Bonchev–Trinajstić information content (AvgIpc) is 3.13. The summed E-state index contributed by atoms with van der Waals surface area (Å²) in [7, 11) is -1.41. The van der Waals surface area contributed by atoms with E-state index in [9.17, 15) is 8.42 Å². The molecule has 33 heavy (non-hydrogen) atoms. The minimum atomic E-state index is -3.57. The Bertz CT molecular complexity index is 1150. The van der Waals surface area contributed by atoms with Crippen LogP contribution < -0.4 is 9.46 Å². The predicted octanol–water partition coefficient (Wildman–Crippen LogP) is 3.01. The fourth-order valence-corrected chi connectivity index (χ4v) is 5.35. The SMILES string of the molecule is Cc1[nH]c2ccccc2c1CCNS(=O)(=O)c1ccc(OCCCN2CCN(C)CC2)cc1. The van der Waals surface area contributed by atoms with Gasteiger partial charge in [-0.15, -0.1) is 0 Å². The summed E-state index contributed by atoms with van der Waals surface area (Å²) < 4.78 is 34.0. The van der Waals surface area contributed by atoms with Gasteiger partial charge in [0.1, 0.15) is 5.75 Å². The number of nitrogens with zero attached hydrogens (tertiary/aromatic N) is 2. The molecule has 0 atom stereocenters. The zero-order valence-electron chi connectivity index (χ0n) is 19.5. The lowest BCUT2D eigenvalue weighted by atomic mass is 10.1. The van der Waals surface area contributed by atoms with Crippen molar-refractivity contribution in [2.45, 2.75) is 24.7 Å². The second kappa shape index (κ2) is 10.7. The van der Waals surface area contributed by atoms with Crippen LogP contribution in [0.15, 0.2) is 53.4 Å². The highest BCUT2D eigenvalue weighted by molar-refractivity contribution is 7.89. The van der Waals surface area contributed by atoms with Crippen molar-refractivity contribution in [3.8, 4) is 5.75 Å². The number of sulfonamides is 1. The zero-order valence-corrected chi connectivity index (χ0v) is 20.3. The minimum Gasteiger partial charge on any atom is -0.494 e. The number of hydrogen-bond donors (Lipinski definition) is 2. The highest BCUT2D eigenvalue weighted by Crippen LogP contribution is 2.22. The van der Waals surface area contributed by atoms with Crippen molar-refractivity contribution in [1.29, 1.82) is 0 Å². The van der Waals surface area contributed by atoms with Crippen LogP contribution in [0.1, 0.15) is 17.7 Å². The molecule has 1 fully saturated rings. The Hall–Kier alpha value is -2.39. The number of para-hydroxylation sites is 1. The lowest BCUT2D eigenvalue weighted by Crippen LogP contribution is -2.44. The Kier molecular flexibility index (Phi) is 7.70. The van der Waals surface area contributed by atoms with Gasteiger partial charge in [0.2, 0.25) is 10.0 Å². The van der Waals surface area contributed by atoms with Crippen LogP contribution in [-0.4, -0.2) is 76.1 Å². The molecular weight excluding hydrogens is 436 g/mol. The monoisotopic (exact) mass is 470 g/mol. The number of nitrogens with one attached hydrogen (secondary N) is 2. The number of aromatic amines is 1. The Morgan fingerprint density at radius 3 is 2.52 bits per heavy atom. The molecule has 1 aromatic heterocycles. The molecule has 0 saturated carbocycles. The van der Waals surface area contributed by atoms with Gasteiger partial charge in [0.15, 0.2) is 0 Å². The molecule has 3 aromatic rings. The summed E-state index contributed by atoms with van der Waals surface area (Å²) in [6, 6.07) is 14.8. The quantitative estimate of drug-likeness (QED) is 0.446. The molecule has 1 aliphatic rings. The van der Waals surface area contributed by atoms with E-state index in [1.807, 2.05) is 25.1 Å². The second-order valence-corrected chi connectivity index (χ2v) is 10.5. The van der Waals surface area contributed by atoms with Crippen molar-refractivity contribution in [3.05, 3.63) is 59.8 Å². The number of ether oxygens (including phenoxy) is 1. The Morgan fingerprint density at radius 1 is 1.03 bits per heavy atom. The van der Waals surface area contributed by atoms with Crippen LogP contribution in [0.2, 0.25) is 0 Å². The summed E-state index contributed by atoms with van der Waals surface area (Å²) in [5, 5.41) is 1.14. The minimum absolute atomic E-state index is 0.253. The summed E-state index contributed by atoms with van der Waals surface area (Å²) >= 11 is 0. The Morgan fingerprint density at radius 2 is 1.76 bits per heavy atom. The van der Waals surface area contributed by atoms with Crippen LogP contribution in [-0.2, 0) is 16.4 Å². The number of benzene rings is 2. The normalized spacial score (nSPS) is 15.8. The van der Waals surface area contributed by atoms with E-state index in [2.05, 4.69) is 32.6 Å². The third-order valence-corrected chi connectivity index (χ3v) is 7.79. The van der Waals surface area contributed by atoms with Gasteiger partial charge >= 0.3 is 0 Å². The maximum Gasteiger partial charge on any atom is 0.240 e. The first-order chi connectivity index (χ1) is 15.9. The van der Waals surface area contributed by atoms with Gasteiger partial charge in [-0.3, -0.25) is 0 Å². The number of hydrogen-bond acceptors (Lipinski definition) is 5. The molecule has 0 aliphatic carbocycles. The molecule has 0 amide bonds. The summed E-state index contributed by atoms with van der Waals surface area (Å²) in [6.45, 7) is 8.47. The van der Waals surface area contributed by atoms with Gasteiger partial charge in [-0.25, -0.2) is 13.1 Å². The van der Waals surface area contributed by atoms with E-state index in [1.54, 1.807) is 24.3 Å². The van der Waals surface area contributed by atoms with E-state index in [0.29, 0.717) is 25.3 Å². The first kappa shape index (κ1) is 23.8. The molecule has 178 valence electrons. The van der Waals surface area contributed by atoms with E-state index in [-0.39, 0.29) is 4.90 Å². The predicted molar refractivity (Wildman–Crippen MR) is 132 cm³/mol. The number of aromatic nitrogens is 1. The Labute approximate surface area is 196 Å². The highest BCUT2D eigenvalue weighted by atomic mass is 32.2. The van der Waals surface area contributed by atoms with Gasteiger partial charge < -0.3 is 19.5 Å². The molecular formula is C25H34N4O3S.